The van der Waals surface area contributed by atoms with E-state index in [4.69, 9.17) is 9.84 Å². The Bertz CT molecular complexity index is 828. The SMILES string of the molecule is Cc1nc(-c2ccccc2OCC(=O)O)n(-c2ccccc2)n1. The number of nitrogens with zero attached hydrogens (tertiary/aromatic N) is 3. The number of carboxylic acid groups (broad SMARTS) is 1. The van der Waals surface area contributed by atoms with Crippen LogP contribution in [0, 0.1) is 6.92 Å². The molecular weight excluding hydrogens is 294 g/mol. The monoisotopic (exact) mass is 309 g/mol. The molecule has 0 fully saturated rings. The van der Waals surface area contributed by atoms with Crippen molar-refractivity contribution in [1.82, 2.24) is 14.8 Å². The Kier molecular flexibility index (Phi) is 4.05. The number of aryl methyl sites for hydroxylation is 1. The van der Waals surface area contributed by atoms with Gasteiger partial charge in [0.05, 0.1) is 11.3 Å². The van der Waals surface area contributed by atoms with Gasteiger partial charge in [0.15, 0.2) is 12.4 Å². The second-order valence-corrected chi connectivity index (χ2v) is 4.91. The quantitative estimate of drug-likeness (QED) is 0.784. The van der Waals surface area contributed by atoms with E-state index in [2.05, 4.69) is 10.1 Å². The maximum Gasteiger partial charge on any atom is 0.341 e. The summed E-state index contributed by atoms with van der Waals surface area (Å²) in [5.74, 6) is 0.659. The molecule has 1 heterocycles. The Morgan fingerprint density at radius 3 is 2.57 bits per heavy atom. The fourth-order valence-electron chi connectivity index (χ4n) is 2.26. The molecule has 6 nitrogen and oxygen atoms in total. The first-order valence-electron chi connectivity index (χ1n) is 7.08. The molecule has 3 aromatic rings. The maximum absolute atomic E-state index is 10.8. The van der Waals surface area contributed by atoms with E-state index in [1.54, 1.807) is 16.8 Å². The molecule has 1 N–H and O–H groups in total. The van der Waals surface area contributed by atoms with Crippen LogP contribution >= 0.6 is 0 Å². The van der Waals surface area contributed by atoms with Gasteiger partial charge in [-0.3, -0.25) is 0 Å². The minimum Gasteiger partial charge on any atom is -0.481 e. The van der Waals surface area contributed by atoms with Gasteiger partial charge in [-0.05, 0) is 31.2 Å². The van der Waals surface area contributed by atoms with Crippen molar-refractivity contribution in [3.63, 3.8) is 0 Å². The topological polar surface area (TPSA) is 77.2 Å². The van der Waals surface area contributed by atoms with Crippen LogP contribution in [0.5, 0.6) is 5.75 Å². The number of rotatable bonds is 5. The Morgan fingerprint density at radius 1 is 1.13 bits per heavy atom. The van der Waals surface area contributed by atoms with Crippen molar-refractivity contribution >= 4 is 5.97 Å². The Morgan fingerprint density at radius 2 is 1.83 bits per heavy atom. The third-order valence-corrected chi connectivity index (χ3v) is 3.19. The highest BCUT2D eigenvalue weighted by atomic mass is 16.5. The van der Waals surface area contributed by atoms with Crippen molar-refractivity contribution in [2.45, 2.75) is 6.92 Å². The van der Waals surface area contributed by atoms with Gasteiger partial charge in [-0.1, -0.05) is 30.3 Å². The van der Waals surface area contributed by atoms with Crippen LogP contribution in [0.15, 0.2) is 54.6 Å². The molecule has 0 bridgehead atoms. The predicted octanol–water partition coefficient (Wildman–Crippen LogP) is 2.71. The Hall–Kier alpha value is -3.15. The summed E-state index contributed by atoms with van der Waals surface area (Å²) >= 11 is 0. The zero-order chi connectivity index (χ0) is 16.2. The van der Waals surface area contributed by atoms with Gasteiger partial charge < -0.3 is 9.84 Å². The summed E-state index contributed by atoms with van der Waals surface area (Å²) in [7, 11) is 0. The Balaban J connectivity index is 2.08. The molecular formula is C17H15N3O3. The summed E-state index contributed by atoms with van der Waals surface area (Å²) in [6, 6.07) is 16.8. The van der Waals surface area contributed by atoms with Gasteiger partial charge in [-0.25, -0.2) is 14.5 Å². The zero-order valence-electron chi connectivity index (χ0n) is 12.5. The molecule has 0 atom stereocenters. The lowest BCUT2D eigenvalue weighted by Gasteiger charge is -2.10. The summed E-state index contributed by atoms with van der Waals surface area (Å²) in [5, 5.41) is 13.2. The summed E-state index contributed by atoms with van der Waals surface area (Å²) < 4.78 is 7.09. The summed E-state index contributed by atoms with van der Waals surface area (Å²) in [6.45, 7) is 1.40. The number of benzene rings is 2. The second-order valence-electron chi connectivity index (χ2n) is 4.91. The smallest absolute Gasteiger partial charge is 0.341 e. The molecule has 0 amide bonds. The van der Waals surface area contributed by atoms with Crippen LogP contribution in [0.3, 0.4) is 0 Å². The number of ether oxygens (including phenoxy) is 1. The predicted molar refractivity (Wildman–Crippen MR) is 84.7 cm³/mol. The number of carbonyl (C=O) groups is 1. The van der Waals surface area contributed by atoms with E-state index < -0.39 is 12.6 Å². The van der Waals surface area contributed by atoms with E-state index in [1.165, 1.54) is 0 Å². The third kappa shape index (κ3) is 3.21. The van der Waals surface area contributed by atoms with Crippen molar-refractivity contribution in [2.24, 2.45) is 0 Å². The van der Waals surface area contributed by atoms with Crippen LogP contribution < -0.4 is 4.74 Å². The number of para-hydroxylation sites is 2. The average molecular weight is 309 g/mol. The highest BCUT2D eigenvalue weighted by Crippen LogP contribution is 2.30. The first-order valence-corrected chi connectivity index (χ1v) is 7.08. The lowest BCUT2D eigenvalue weighted by molar-refractivity contribution is -0.139. The average Bonchev–Trinajstić information content (AvgIpc) is 2.96. The number of aromatic nitrogens is 3. The third-order valence-electron chi connectivity index (χ3n) is 3.19. The fraction of sp³-hybridized carbons (Fsp3) is 0.118. The number of hydrogen-bond donors (Lipinski definition) is 1. The lowest BCUT2D eigenvalue weighted by Crippen LogP contribution is -2.10. The van der Waals surface area contributed by atoms with Gasteiger partial charge in [-0.15, -0.1) is 0 Å². The summed E-state index contributed by atoms with van der Waals surface area (Å²) in [4.78, 5) is 15.2. The van der Waals surface area contributed by atoms with Crippen LogP contribution in [-0.2, 0) is 4.79 Å². The largest absolute Gasteiger partial charge is 0.481 e. The molecule has 0 unspecified atom stereocenters. The second kappa shape index (κ2) is 6.31. The standard InChI is InChI=1S/C17H15N3O3/c1-12-18-17(20(19-12)13-7-3-2-4-8-13)14-9-5-6-10-15(14)23-11-16(21)22/h2-10H,11H2,1H3,(H,21,22). The number of carboxylic acids is 1. The van der Waals surface area contributed by atoms with Crippen LogP contribution in [0.2, 0.25) is 0 Å². The molecule has 6 heteroatoms. The molecule has 0 spiro atoms. The number of hydrogen-bond acceptors (Lipinski definition) is 4. The molecule has 2 aromatic carbocycles. The van der Waals surface area contributed by atoms with Crippen molar-refractivity contribution in [2.75, 3.05) is 6.61 Å². The zero-order valence-corrected chi connectivity index (χ0v) is 12.5. The molecule has 23 heavy (non-hydrogen) atoms. The van der Waals surface area contributed by atoms with Gasteiger partial charge in [0.2, 0.25) is 0 Å². The molecule has 0 aliphatic heterocycles. The Labute approximate surface area is 133 Å². The van der Waals surface area contributed by atoms with Crippen molar-refractivity contribution in [3.8, 4) is 22.8 Å². The molecule has 116 valence electrons. The summed E-state index contributed by atoms with van der Waals surface area (Å²) in [5.41, 5.74) is 1.56. The first-order chi connectivity index (χ1) is 11.1. The first kappa shape index (κ1) is 14.8. The van der Waals surface area contributed by atoms with E-state index >= 15 is 0 Å². The van der Waals surface area contributed by atoms with E-state index in [0.29, 0.717) is 23.0 Å². The highest BCUT2D eigenvalue weighted by molar-refractivity contribution is 5.70. The van der Waals surface area contributed by atoms with Crippen LogP contribution in [0.25, 0.3) is 17.1 Å². The van der Waals surface area contributed by atoms with E-state index in [9.17, 15) is 4.79 Å². The van der Waals surface area contributed by atoms with Crippen molar-refractivity contribution < 1.29 is 14.6 Å². The highest BCUT2D eigenvalue weighted by Gasteiger charge is 2.16. The molecule has 0 aliphatic rings. The van der Waals surface area contributed by atoms with E-state index in [1.807, 2.05) is 49.4 Å². The molecule has 1 aromatic heterocycles. The van der Waals surface area contributed by atoms with Gasteiger partial charge in [0.1, 0.15) is 11.6 Å². The minimum atomic E-state index is -1.03. The molecule has 0 aliphatic carbocycles. The van der Waals surface area contributed by atoms with Gasteiger partial charge in [0, 0.05) is 0 Å². The fourth-order valence-corrected chi connectivity index (χ4v) is 2.26. The van der Waals surface area contributed by atoms with Crippen LogP contribution in [-0.4, -0.2) is 32.4 Å². The molecule has 0 saturated heterocycles. The van der Waals surface area contributed by atoms with Gasteiger partial charge >= 0.3 is 5.97 Å². The molecule has 0 saturated carbocycles. The minimum absolute atomic E-state index is 0.407. The van der Waals surface area contributed by atoms with E-state index in [-0.39, 0.29) is 0 Å². The lowest BCUT2D eigenvalue weighted by atomic mass is 10.2. The maximum atomic E-state index is 10.8. The van der Waals surface area contributed by atoms with Gasteiger partial charge in [0.25, 0.3) is 0 Å². The van der Waals surface area contributed by atoms with Gasteiger partial charge in [-0.2, -0.15) is 5.10 Å². The van der Waals surface area contributed by atoms with Crippen LogP contribution in [0.1, 0.15) is 5.82 Å². The van der Waals surface area contributed by atoms with E-state index in [0.717, 1.165) is 5.69 Å². The van der Waals surface area contributed by atoms with Crippen molar-refractivity contribution in [1.29, 1.82) is 0 Å². The normalized spacial score (nSPS) is 10.5. The molecule has 0 radical (unpaired) electrons. The molecule has 3 rings (SSSR count). The number of aliphatic carboxylic acids is 1. The van der Waals surface area contributed by atoms with Crippen LogP contribution in [0.4, 0.5) is 0 Å². The summed E-state index contributed by atoms with van der Waals surface area (Å²) in [6.07, 6.45) is 0. The van der Waals surface area contributed by atoms with Crippen molar-refractivity contribution in [3.05, 3.63) is 60.4 Å².